The molecule has 0 unspecified atom stereocenters. The summed E-state index contributed by atoms with van der Waals surface area (Å²) in [5.74, 6) is 0. The molecule has 0 saturated heterocycles. The monoisotopic (exact) mass is 237 g/mol. The summed E-state index contributed by atoms with van der Waals surface area (Å²) >= 11 is 12.7. The van der Waals surface area contributed by atoms with Crippen LogP contribution in [0, 0.1) is 0 Å². The number of aryl methyl sites for hydroxylation is 1. The van der Waals surface area contributed by atoms with Gasteiger partial charge < -0.3 is 8.37 Å². The Labute approximate surface area is 88.1 Å². The Bertz CT molecular complexity index is 472. The third kappa shape index (κ3) is 1.70. The van der Waals surface area contributed by atoms with Gasteiger partial charge in [0, 0.05) is 11.1 Å². The van der Waals surface area contributed by atoms with Crippen molar-refractivity contribution in [2.75, 3.05) is 0 Å². The van der Waals surface area contributed by atoms with Crippen LogP contribution in [0.2, 0.25) is 10.0 Å². The zero-order valence-corrected chi connectivity index (χ0v) is 8.91. The van der Waals surface area contributed by atoms with Gasteiger partial charge in [0.2, 0.25) is 11.2 Å². The largest absolute Gasteiger partial charge is 0.379 e. The van der Waals surface area contributed by atoms with E-state index < -0.39 is 0 Å². The van der Waals surface area contributed by atoms with Crippen LogP contribution in [0.1, 0.15) is 0 Å². The van der Waals surface area contributed by atoms with Crippen LogP contribution in [0.4, 0.5) is 0 Å². The van der Waals surface area contributed by atoms with E-state index >= 15 is 0 Å². The summed E-state index contributed by atoms with van der Waals surface area (Å²) in [4.78, 5) is 0. The molecule has 0 N–H and O–H groups in total. The van der Waals surface area contributed by atoms with Crippen molar-refractivity contribution >= 4 is 46.2 Å². The molecule has 6 heteroatoms. The molecule has 0 spiro atoms. The number of rotatable bonds is 0. The summed E-state index contributed by atoms with van der Waals surface area (Å²) in [5, 5.41) is 0.968. The molecule has 70 valence electrons. The molecule has 1 aromatic carbocycles. The molecule has 0 fully saturated rings. The van der Waals surface area contributed by atoms with Crippen LogP contribution in [0.5, 0.6) is 0 Å². The fraction of sp³-hybridized carbons (Fsp3) is 0.143. The minimum absolute atomic E-state index is 0.447. The standard InChI is InChI=1S/C7H5Cl2NO2S/c1-10-11-6-3-4(8)2-5(9)7(6)12-13-10/h2-3H,1H3. The molecule has 0 bridgehead atoms. The highest BCUT2D eigenvalue weighted by atomic mass is 35.5. The molecule has 0 atom stereocenters. The van der Waals surface area contributed by atoms with E-state index in [1.807, 2.05) is 0 Å². The first-order valence-corrected chi connectivity index (χ1v) is 4.87. The molecule has 13 heavy (non-hydrogen) atoms. The van der Waals surface area contributed by atoms with Gasteiger partial charge in [0.05, 0.1) is 12.1 Å². The van der Waals surface area contributed by atoms with Crippen molar-refractivity contribution in [3.05, 3.63) is 22.2 Å². The quantitative estimate of drug-likeness (QED) is 0.697. The molecule has 3 nitrogen and oxygen atoms in total. The lowest BCUT2D eigenvalue weighted by Gasteiger charge is -2.00. The molecule has 0 amide bonds. The van der Waals surface area contributed by atoms with Gasteiger partial charge >= 0.3 is 0 Å². The van der Waals surface area contributed by atoms with E-state index in [9.17, 15) is 0 Å². The summed E-state index contributed by atoms with van der Waals surface area (Å²) in [5.41, 5.74) is 1.04. The lowest BCUT2D eigenvalue weighted by molar-refractivity contribution is 0.343. The highest BCUT2D eigenvalue weighted by Gasteiger charge is 2.06. The Kier molecular flexibility index (Phi) is 2.27. The van der Waals surface area contributed by atoms with Crippen LogP contribution >= 0.6 is 35.0 Å². The molecule has 1 aromatic heterocycles. The molecular formula is C7H5Cl2NO2S. The van der Waals surface area contributed by atoms with Gasteiger partial charge in [-0.3, -0.25) is 0 Å². The summed E-state index contributed by atoms with van der Waals surface area (Å²) in [6.45, 7) is 0. The van der Waals surface area contributed by atoms with Crippen LogP contribution in [0.3, 0.4) is 0 Å². The summed E-state index contributed by atoms with van der Waals surface area (Å²) < 4.78 is 12.0. The van der Waals surface area contributed by atoms with Crippen molar-refractivity contribution in [1.29, 1.82) is 0 Å². The first kappa shape index (κ1) is 8.99. The summed E-state index contributed by atoms with van der Waals surface area (Å²) in [7, 11) is 1.72. The average molecular weight is 238 g/mol. The van der Waals surface area contributed by atoms with Crippen LogP contribution in [0.15, 0.2) is 20.5 Å². The second kappa shape index (κ2) is 3.29. The zero-order valence-electron chi connectivity index (χ0n) is 6.58. The molecule has 1 heterocycles. The Morgan fingerprint density at radius 3 is 2.92 bits per heavy atom. The lowest BCUT2D eigenvalue weighted by atomic mass is 10.3. The van der Waals surface area contributed by atoms with E-state index in [0.29, 0.717) is 21.2 Å². The third-order valence-corrected chi connectivity index (χ3v) is 2.45. The first-order chi connectivity index (χ1) is 6.16. The van der Waals surface area contributed by atoms with Gasteiger partial charge in [-0.1, -0.05) is 23.2 Å². The molecule has 0 radical (unpaired) electrons. The van der Waals surface area contributed by atoms with Gasteiger partial charge in [0.1, 0.15) is 0 Å². The molecule has 0 aliphatic rings. The predicted octanol–water partition coefficient (Wildman–Crippen LogP) is 3.86. The van der Waals surface area contributed by atoms with Crippen LogP contribution in [-0.4, -0.2) is 4.13 Å². The van der Waals surface area contributed by atoms with Gasteiger partial charge in [-0.15, -0.1) is 4.13 Å². The number of halogens is 2. The molecule has 2 aromatic rings. The van der Waals surface area contributed by atoms with E-state index in [0.717, 1.165) is 11.8 Å². The van der Waals surface area contributed by atoms with E-state index in [4.69, 9.17) is 31.6 Å². The van der Waals surface area contributed by atoms with Crippen LogP contribution in [0.25, 0.3) is 11.2 Å². The van der Waals surface area contributed by atoms with Gasteiger partial charge in [-0.25, -0.2) is 0 Å². The van der Waals surface area contributed by atoms with Crippen molar-refractivity contribution < 1.29 is 8.37 Å². The lowest BCUT2D eigenvalue weighted by Crippen LogP contribution is -1.84. The van der Waals surface area contributed by atoms with E-state index in [1.54, 1.807) is 19.2 Å². The summed E-state index contributed by atoms with van der Waals surface area (Å²) in [6.07, 6.45) is 0. The van der Waals surface area contributed by atoms with Gasteiger partial charge in [-0.2, -0.15) is 0 Å². The molecule has 0 aliphatic carbocycles. The van der Waals surface area contributed by atoms with Crippen LogP contribution < -0.4 is 0 Å². The fourth-order valence-corrected chi connectivity index (χ4v) is 1.95. The molecule has 0 aliphatic heterocycles. The van der Waals surface area contributed by atoms with E-state index in [-0.39, 0.29) is 0 Å². The Morgan fingerprint density at radius 2 is 2.15 bits per heavy atom. The SMILES string of the molecule is Cn1oc2cc(Cl)cc(Cl)c2os1. The van der Waals surface area contributed by atoms with Crippen molar-refractivity contribution in [2.45, 2.75) is 0 Å². The normalized spacial score (nSPS) is 10.7. The predicted molar refractivity (Wildman–Crippen MR) is 53.0 cm³/mol. The molecule has 0 saturated carbocycles. The number of fused-ring (bicyclic) bond motifs is 1. The van der Waals surface area contributed by atoms with E-state index in [1.165, 1.54) is 4.13 Å². The maximum absolute atomic E-state index is 5.87. The second-order valence-corrected chi connectivity index (χ2v) is 4.08. The second-order valence-electron chi connectivity index (χ2n) is 2.40. The Balaban J connectivity index is 2.86. The average Bonchev–Trinajstić information content (AvgIpc) is 2.02. The zero-order chi connectivity index (χ0) is 9.42. The fourth-order valence-electron chi connectivity index (χ4n) is 0.929. The van der Waals surface area contributed by atoms with Gasteiger partial charge in [0.15, 0.2) is 11.8 Å². The number of aromatic nitrogens is 1. The molecule has 2 rings (SSSR count). The number of hydrogen-bond donors (Lipinski definition) is 0. The Hall–Kier alpha value is -0.580. The van der Waals surface area contributed by atoms with Crippen molar-refractivity contribution in [3.8, 4) is 0 Å². The highest BCUT2D eigenvalue weighted by molar-refractivity contribution is 6.96. The Morgan fingerprint density at radius 1 is 1.38 bits per heavy atom. The third-order valence-electron chi connectivity index (χ3n) is 1.43. The minimum Gasteiger partial charge on any atom is -0.379 e. The first-order valence-electron chi connectivity index (χ1n) is 3.42. The summed E-state index contributed by atoms with van der Waals surface area (Å²) in [6, 6.07) is 3.26. The smallest absolute Gasteiger partial charge is 0.209 e. The number of nitrogens with zero attached hydrogens (tertiary/aromatic N) is 1. The van der Waals surface area contributed by atoms with Crippen molar-refractivity contribution in [1.82, 2.24) is 4.13 Å². The van der Waals surface area contributed by atoms with Crippen molar-refractivity contribution in [2.24, 2.45) is 7.05 Å². The van der Waals surface area contributed by atoms with E-state index in [2.05, 4.69) is 0 Å². The maximum atomic E-state index is 5.87. The highest BCUT2D eigenvalue weighted by Crippen LogP contribution is 2.28. The maximum Gasteiger partial charge on any atom is 0.209 e. The topological polar surface area (TPSA) is 31.2 Å². The van der Waals surface area contributed by atoms with Gasteiger partial charge in [-0.05, 0) is 6.07 Å². The molecular weight excluding hydrogens is 233 g/mol. The van der Waals surface area contributed by atoms with Gasteiger partial charge in [0.25, 0.3) is 0 Å². The number of hydrogen-bond acceptors (Lipinski definition) is 3. The van der Waals surface area contributed by atoms with Crippen LogP contribution in [-0.2, 0) is 7.05 Å². The van der Waals surface area contributed by atoms with Crippen molar-refractivity contribution in [3.63, 3.8) is 0 Å². The number of benzene rings is 1. The minimum atomic E-state index is 0.447.